The van der Waals surface area contributed by atoms with Crippen molar-refractivity contribution in [2.45, 2.75) is 0 Å². The van der Waals surface area contributed by atoms with Crippen LogP contribution in [0.4, 0.5) is 0 Å². The zero-order valence-corrected chi connectivity index (χ0v) is 7.34. The number of benzene rings is 1. The van der Waals surface area contributed by atoms with Gasteiger partial charge in [-0.2, -0.15) is 0 Å². The summed E-state index contributed by atoms with van der Waals surface area (Å²) in [5.41, 5.74) is 0. The minimum atomic E-state index is -1.29. The lowest BCUT2D eigenvalue weighted by molar-refractivity contribution is 0.0204. The number of hydrogen-bond acceptors (Lipinski definition) is 4. The average Bonchev–Trinajstić information content (AvgIpc) is 2.16. The Morgan fingerprint density at radius 3 is 2.62 bits per heavy atom. The highest BCUT2D eigenvalue weighted by Crippen LogP contribution is 2.08. The second-order valence-corrected chi connectivity index (χ2v) is 2.31. The minimum absolute atomic E-state index is 0.00595. The molecule has 70 valence electrons. The molecule has 5 heteroatoms. The van der Waals surface area contributed by atoms with Crippen LogP contribution in [0.15, 0.2) is 30.3 Å². The van der Waals surface area contributed by atoms with Crippen molar-refractivity contribution in [1.82, 2.24) is 0 Å². The number of ether oxygens (including phenoxy) is 1. The van der Waals surface area contributed by atoms with Crippen LogP contribution in [0.25, 0.3) is 0 Å². The molecule has 0 bridgehead atoms. The molecule has 0 saturated carbocycles. The highest BCUT2D eigenvalue weighted by Gasteiger charge is 2.17. The summed E-state index contributed by atoms with van der Waals surface area (Å²) in [5, 5.41) is 9.11. The van der Waals surface area contributed by atoms with E-state index < -0.39 is 7.32 Å². The molecule has 0 aliphatic rings. The molecule has 4 nitrogen and oxygen atoms in total. The van der Waals surface area contributed by atoms with Gasteiger partial charge in [-0.25, -0.2) is 0 Å². The summed E-state index contributed by atoms with van der Waals surface area (Å²) in [6, 6.07) is 8.91. The Morgan fingerprint density at radius 2 is 2.00 bits per heavy atom. The van der Waals surface area contributed by atoms with E-state index in [1.807, 2.05) is 6.07 Å². The second-order valence-electron chi connectivity index (χ2n) is 2.31. The Hall–Kier alpha value is -1.04. The lowest BCUT2D eigenvalue weighted by Gasteiger charge is -2.08. The molecule has 1 N–H and O–H groups in total. The van der Waals surface area contributed by atoms with Gasteiger partial charge in [-0.05, 0) is 12.1 Å². The van der Waals surface area contributed by atoms with Crippen molar-refractivity contribution in [3.63, 3.8) is 0 Å². The van der Waals surface area contributed by atoms with Gasteiger partial charge in [0.2, 0.25) is 0 Å². The van der Waals surface area contributed by atoms with Gasteiger partial charge < -0.3 is 19.1 Å². The highest BCUT2D eigenvalue weighted by molar-refractivity contribution is 6.35. The maximum atomic E-state index is 9.11. The average molecular weight is 182 g/mol. The lowest BCUT2D eigenvalue weighted by atomic mass is 10.2. The molecule has 0 aliphatic carbocycles. The molecule has 13 heavy (non-hydrogen) atoms. The van der Waals surface area contributed by atoms with E-state index in [0.29, 0.717) is 5.75 Å². The van der Waals surface area contributed by atoms with Crippen LogP contribution in [0, 0.1) is 0 Å². The SMILES string of the molecule is COCOB(O)Oc1ccccc1. The molecule has 0 saturated heterocycles. The van der Waals surface area contributed by atoms with E-state index >= 15 is 0 Å². The molecule has 1 aromatic carbocycles. The zero-order valence-electron chi connectivity index (χ0n) is 7.34. The van der Waals surface area contributed by atoms with E-state index in [1.54, 1.807) is 24.3 Å². The molecule has 0 fully saturated rings. The molecular formula is C8H11BO4. The first-order valence-corrected chi connectivity index (χ1v) is 3.83. The smallest absolute Gasteiger partial charge is 0.512 e. The fourth-order valence-corrected chi connectivity index (χ4v) is 0.776. The fourth-order valence-electron chi connectivity index (χ4n) is 0.776. The van der Waals surface area contributed by atoms with Crippen LogP contribution in [-0.4, -0.2) is 26.2 Å². The van der Waals surface area contributed by atoms with Gasteiger partial charge in [-0.3, -0.25) is 0 Å². The van der Waals surface area contributed by atoms with Gasteiger partial charge in [0.1, 0.15) is 12.5 Å². The summed E-state index contributed by atoms with van der Waals surface area (Å²) < 4.78 is 14.3. The van der Waals surface area contributed by atoms with E-state index in [9.17, 15) is 0 Å². The van der Waals surface area contributed by atoms with Crippen LogP contribution in [0.5, 0.6) is 5.75 Å². The summed E-state index contributed by atoms with van der Waals surface area (Å²) in [5.74, 6) is 0.547. The van der Waals surface area contributed by atoms with Crippen molar-refractivity contribution < 1.29 is 19.1 Å². The predicted octanol–water partition coefficient (Wildman–Crippen LogP) is 0.663. The van der Waals surface area contributed by atoms with Crippen molar-refractivity contribution in [2.24, 2.45) is 0 Å². The van der Waals surface area contributed by atoms with Crippen molar-refractivity contribution >= 4 is 7.32 Å². The third-order valence-corrected chi connectivity index (χ3v) is 1.31. The van der Waals surface area contributed by atoms with Crippen molar-refractivity contribution in [2.75, 3.05) is 13.9 Å². The van der Waals surface area contributed by atoms with E-state index in [0.717, 1.165) is 0 Å². The fraction of sp³-hybridized carbons (Fsp3) is 0.250. The molecule has 1 aromatic rings. The van der Waals surface area contributed by atoms with Crippen molar-refractivity contribution in [1.29, 1.82) is 0 Å². The predicted molar refractivity (Wildman–Crippen MR) is 48.0 cm³/mol. The van der Waals surface area contributed by atoms with Gasteiger partial charge >= 0.3 is 7.32 Å². The maximum absolute atomic E-state index is 9.11. The van der Waals surface area contributed by atoms with Gasteiger partial charge in [0.25, 0.3) is 0 Å². The summed E-state index contributed by atoms with van der Waals surface area (Å²) in [6.07, 6.45) is 0. The summed E-state index contributed by atoms with van der Waals surface area (Å²) in [6.45, 7) is -0.00595. The maximum Gasteiger partial charge on any atom is 0.712 e. The number of methoxy groups -OCH3 is 1. The van der Waals surface area contributed by atoms with Crippen molar-refractivity contribution in [3.05, 3.63) is 30.3 Å². The normalized spacial score (nSPS) is 9.69. The van der Waals surface area contributed by atoms with E-state index in [1.165, 1.54) is 7.11 Å². The van der Waals surface area contributed by atoms with Crippen LogP contribution in [-0.2, 0) is 9.39 Å². The minimum Gasteiger partial charge on any atom is -0.512 e. The third-order valence-electron chi connectivity index (χ3n) is 1.31. The Kier molecular flexibility index (Phi) is 4.32. The lowest BCUT2D eigenvalue weighted by Crippen LogP contribution is -2.27. The quantitative estimate of drug-likeness (QED) is 0.536. The Bertz CT molecular complexity index is 229. The van der Waals surface area contributed by atoms with Crippen molar-refractivity contribution in [3.8, 4) is 5.75 Å². The highest BCUT2D eigenvalue weighted by atomic mass is 16.7. The molecule has 0 unspecified atom stereocenters. The number of hydrogen-bond donors (Lipinski definition) is 1. The second kappa shape index (κ2) is 5.58. The standard InChI is InChI=1S/C8H11BO4/c1-11-7-12-9(10)13-8-5-3-2-4-6-8/h2-6,10H,7H2,1H3. The van der Waals surface area contributed by atoms with Crippen LogP contribution in [0.3, 0.4) is 0 Å². The molecule has 0 radical (unpaired) electrons. The molecule has 0 aromatic heterocycles. The van der Waals surface area contributed by atoms with Gasteiger partial charge in [0.05, 0.1) is 0 Å². The van der Waals surface area contributed by atoms with E-state index in [2.05, 4.69) is 4.74 Å². The molecule has 0 heterocycles. The molecule has 0 atom stereocenters. The van der Waals surface area contributed by atoms with Crippen LogP contribution in [0.2, 0.25) is 0 Å². The largest absolute Gasteiger partial charge is 0.712 e. The van der Waals surface area contributed by atoms with Gasteiger partial charge in [0, 0.05) is 7.11 Å². The summed E-state index contributed by atoms with van der Waals surface area (Å²) in [4.78, 5) is 0. The molecule has 0 spiro atoms. The first-order valence-electron chi connectivity index (χ1n) is 3.83. The third kappa shape index (κ3) is 3.94. The van der Waals surface area contributed by atoms with Gasteiger partial charge in [-0.15, -0.1) is 0 Å². The van der Waals surface area contributed by atoms with Crippen LogP contribution < -0.4 is 4.65 Å². The van der Waals surface area contributed by atoms with E-state index in [-0.39, 0.29) is 6.79 Å². The Balaban J connectivity index is 2.32. The summed E-state index contributed by atoms with van der Waals surface area (Å²) in [7, 11) is 0.178. The van der Waals surface area contributed by atoms with E-state index in [4.69, 9.17) is 14.3 Å². The van der Waals surface area contributed by atoms with Gasteiger partial charge in [0.15, 0.2) is 0 Å². The van der Waals surface area contributed by atoms with Crippen LogP contribution >= 0.6 is 0 Å². The number of rotatable bonds is 5. The first-order chi connectivity index (χ1) is 6.33. The molecule has 1 rings (SSSR count). The zero-order chi connectivity index (χ0) is 9.52. The first kappa shape index (κ1) is 10.0. The number of para-hydroxylation sites is 1. The topological polar surface area (TPSA) is 47.9 Å². The molecule has 0 aliphatic heterocycles. The van der Waals surface area contributed by atoms with Gasteiger partial charge in [-0.1, -0.05) is 18.2 Å². The molecule has 0 amide bonds. The molecular weight excluding hydrogens is 171 g/mol. The van der Waals surface area contributed by atoms with Crippen LogP contribution in [0.1, 0.15) is 0 Å². The Labute approximate surface area is 77.2 Å². The monoisotopic (exact) mass is 182 g/mol. The Morgan fingerprint density at radius 1 is 1.31 bits per heavy atom. The summed E-state index contributed by atoms with van der Waals surface area (Å²) >= 11 is 0.